The molecule has 3 heterocycles. The number of pyridine rings is 1. The highest BCUT2D eigenvalue weighted by atomic mass is 19.1. The highest BCUT2D eigenvalue weighted by Gasteiger charge is 2.56. The van der Waals surface area contributed by atoms with E-state index < -0.39 is 59.0 Å². The summed E-state index contributed by atoms with van der Waals surface area (Å²) in [5, 5.41) is 2.29. The average Bonchev–Trinajstić information content (AvgIpc) is 3.37. The molecular weight excluding hydrogens is 482 g/mol. The molecule has 0 spiro atoms. The molecule has 2 aromatic rings. The van der Waals surface area contributed by atoms with Gasteiger partial charge in [-0.1, -0.05) is 13.3 Å². The number of carbonyl (C=O) groups is 2. The molecule has 1 saturated heterocycles. The number of aromatic nitrogens is 1. The number of benzene rings is 1. The van der Waals surface area contributed by atoms with E-state index in [2.05, 4.69) is 5.32 Å². The van der Waals surface area contributed by atoms with Crippen molar-refractivity contribution in [3.63, 3.8) is 0 Å². The Morgan fingerprint density at radius 1 is 1.14 bits per heavy atom. The van der Waals surface area contributed by atoms with E-state index >= 15 is 0 Å². The van der Waals surface area contributed by atoms with Crippen molar-refractivity contribution in [2.24, 2.45) is 5.92 Å². The summed E-state index contributed by atoms with van der Waals surface area (Å²) in [6.45, 7) is 1.69. The molecule has 192 valence electrons. The second-order valence-electron chi connectivity index (χ2n) is 9.53. The summed E-state index contributed by atoms with van der Waals surface area (Å²) >= 11 is 0. The monoisotopic (exact) mass is 507 g/mol. The van der Waals surface area contributed by atoms with Crippen LogP contribution in [0.2, 0.25) is 0 Å². The smallest absolute Gasteiger partial charge is 0.275 e. The zero-order chi connectivity index (χ0) is 25.7. The molecule has 0 unspecified atom stereocenters. The Balaban J connectivity index is 1.49. The number of rotatable bonds is 7. The van der Waals surface area contributed by atoms with E-state index in [1.165, 1.54) is 15.7 Å². The van der Waals surface area contributed by atoms with Crippen molar-refractivity contribution >= 4 is 11.8 Å². The zero-order valence-corrected chi connectivity index (χ0v) is 19.5. The minimum atomic E-state index is -1.17. The van der Waals surface area contributed by atoms with Crippen LogP contribution in [0.5, 0.6) is 5.75 Å². The molecule has 2 amide bonds. The predicted octanol–water partition coefficient (Wildman–Crippen LogP) is 3.33. The topological polar surface area (TPSA) is 80.6 Å². The predicted molar refractivity (Wildman–Crippen MR) is 120 cm³/mol. The molecule has 1 aromatic heterocycles. The van der Waals surface area contributed by atoms with Crippen molar-refractivity contribution in [1.82, 2.24) is 14.8 Å². The van der Waals surface area contributed by atoms with Gasteiger partial charge < -0.3 is 19.5 Å². The van der Waals surface area contributed by atoms with Crippen LogP contribution in [0.3, 0.4) is 0 Å². The number of ether oxygens (including phenoxy) is 1. The van der Waals surface area contributed by atoms with Gasteiger partial charge in [-0.15, -0.1) is 0 Å². The molecule has 36 heavy (non-hydrogen) atoms. The van der Waals surface area contributed by atoms with Gasteiger partial charge in [0.15, 0.2) is 11.4 Å². The molecule has 5 rings (SSSR count). The fourth-order valence-corrected chi connectivity index (χ4v) is 5.56. The Hall–Kier alpha value is -3.37. The second-order valence-corrected chi connectivity index (χ2v) is 9.53. The Labute approximate surface area is 204 Å². The second kappa shape index (κ2) is 9.25. The van der Waals surface area contributed by atoms with Crippen LogP contribution < -0.4 is 15.5 Å². The van der Waals surface area contributed by atoms with Crippen molar-refractivity contribution in [2.75, 3.05) is 6.61 Å². The summed E-state index contributed by atoms with van der Waals surface area (Å²) in [5.41, 5.74) is -1.79. The van der Waals surface area contributed by atoms with Crippen molar-refractivity contribution in [1.29, 1.82) is 0 Å². The SMILES string of the molecule is CCCCOc1c2n(cc(C(=O)NCc3c(F)cc(F)cc3F)c1=O)C[C@@H]1[C@@H]3C[C@@H](F)[C@@H](C3)N1C2=O. The van der Waals surface area contributed by atoms with Crippen molar-refractivity contribution in [3.05, 3.63) is 62.8 Å². The normalized spacial score (nSPS) is 24.0. The molecule has 0 radical (unpaired) electrons. The number of nitrogens with zero attached hydrogens (tertiary/aromatic N) is 2. The van der Waals surface area contributed by atoms with Crippen LogP contribution in [0.25, 0.3) is 0 Å². The lowest BCUT2D eigenvalue weighted by Crippen LogP contribution is -2.55. The number of alkyl halides is 1. The molecule has 4 atom stereocenters. The maximum Gasteiger partial charge on any atom is 0.275 e. The number of carbonyl (C=O) groups excluding carboxylic acids is 2. The first-order chi connectivity index (χ1) is 17.2. The third-order valence-electron chi connectivity index (χ3n) is 7.33. The van der Waals surface area contributed by atoms with Gasteiger partial charge in [-0.25, -0.2) is 17.6 Å². The van der Waals surface area contributed by atoms with Gasteiger partial charge in [0.2, 0.25) is 5.43 Å². The summed E-state index contributed by atoms with van der Waals surface area (Å²) in [7, 11) is 0. The number of nitrogens with one attached hydrogen (secondary N) is 1. The van der Waals surface area contributed by atoms with Crippen LogP contribution >= 0.6 is 0 Å². The summed E-state index contributed by atoms with van der Waals surface area (Å²) in [5.74, 6) is -5.19. The first-order valence-electron chi connectivity index (χ1n) is 12.0. The lowest BCUT2D eigenvalue weighted by molar-refractivity contribution is 0.0313. The minimum Gasteiger partial charge on any atom is -0.487 e. The van der Waals surface area contributed by atoms with Crippen LogP contribution in [0, 0.1) is 23.4 Å². The van der Waals surface area contributed by atoms with Crippen LogP contribution in [-0.2, 0) is 13.1 Å². The number of hydrogen-bond donors (Lipinski definition) is 1. The molecule has 1 N–H and O–H groups in total. The first kappa shape index (κ1) is 24.3. The van der Waals surface area contributed by atoms with Gasteiger partial charge in [-0.2, -0.15) is 0 Å². The van der Waals surface area contributed by atoms with Gasteiger partial charge in [0, 0.05) is 37.0 Å². The molecule has 2 aliphatic heterocycles. The van der Waals surface area contributed by atoms with E-state index in [0.29, 0.717) is 31.4 Å². The van der Waals surface area contributed by atoms with Crippen molar-refractivity contribution in [3.8, 4) is 5.75 Å². The van der Waals surface area contributed by atoms with Crippen LogP contribution in [0.1, 0.15) is 59.0 Å². The Morgan fingerprint density at radius 2 is 1.86 bits per heavy atom. The van der Waals surface area contributed by atoms with Gasteiger partial charge in [-0.3, -0.25) is 14.4 Å². The molecule has 11 heteroatoms. The summed E-state index contributed by atoms with van der Waals surface area (Å²) in [6, 6.07) is 0.189. The number of halogens is 4. The van der Waals surface area contributed by atoms with E-state index in [9.17, 15) is 31.9 Å². The number of piperidine rings is 1. The van der Waals surface area contributed by atoms with Crippen molar-refractivity contribution in [2.45, 2.75) is 64.0 Å². The molecule has 1 aliphatic carbocycles. The van der Waals surface area contributed by atoms with Gasteiger partial charge in [0.1, 0.15) is 29.2 Å². The molecule has 2 fully saturated rings. The molecule has 3 aliphatic rings. The molecule has 7 nitrogen and oxygen atoms in total. The lowest BCUT2D eigenvalue weighted by atomic mass is 9.95. The molecule has 2 bridgehead atoms. The zero-order valence-electron chi connectivity index (χ0n) is 19.5. The van der Waals surface area contributed by atoms with Crippen molar-refractivity contribution < 1.29 is 31.9 Å². The molecular formula is C25H25F4N3O4. The Kier molecular flexibility index (Phi) is 6.25. The van der Waals surface area contributed by atoms with Crippen LogP contribution in [0.15, 0.2) is 23.1 Å². The fraction of sp³-hybridized carbons (Fsp3) is 0.480. The number of fused-ring (bicyclic) bond motifs is 6. The first-order valence-corrected chi connectivity index (χ1v) is 12.0. The van der Waals surface area contributed by atoms with Crippen LogP contribution in [-0.4, -0.2) is 46.1 Å². The number of hydrogen-bond acceptors (Lipinski definition) is 4. The summed E-state index contributed by atoms with van der Waals surface area (Å²) < 4.78 is 62.8. The number of unbranched alkanes of at least 4 members (excludes halogenated alkanes) is 1. The van der Waals surface area contributed by atoms with E-state index in [4.69, 9.17) is 4.74 Å². The largest absolute Gasteiger partial charge is 0.487 e. The van der Waals surface area contributed by atoms with E-state index in [1.807, 2.05) is 6.92 Å². The third-order valence-corrected chi connectivity index (χ3v) is 7.33. The average molecular weight is 507 g/mol. The highest BCUT2D eigenvalue weighted by Crippen LogP contribution is 2.47. The Bertz CT molecular complexity index is 1270. The maximum absolute atomic E-state index is 14.4. The maximum atomic E-state index is 14.4. The molecule has 1 aromatic carbocycles. The lowest BCUT2D eigenvalue weighted by Gasteiger charge is -2.41. The fourth-order valence-electron chi connectivity index (χ4n) is 5.56. The third kappa shape index (κ3) is 3.94. The summed E-state index contributed by atoms with van der Waals surface area (Å²) in [6.07, 6.45) is 2.38. The Morgan fingerprint density at radius 3 is 2.56 bits per heavy atom. The van der Waals surface area contributed by atoms with Gasteiger partial charge in [0.25, 0.3) is 11.8 Å². The number of amides is 2. The quantitative estimate of drug-likeness (QED) is 0.461. The van der Waals surface area contributed by atoms with Crippen LogP contribution in [0.4, 0.5) is 17.6 Å². The van der Waals surface area contributed by atoms with E-state index in [0.717, 1.165) is 6.42 Å². The minimum absolute atomic E-state index is 0.0207. The highest BCUT2D eigenvalue weighted by molar-refractivity contribution is 5.99. The van der Waals surface area contributed by atoms with Gasteiger partial charge in [-0.05, 0) is 25.2 Å². The standard InChI is InChI=1S/C25H25F4N3O4/c1-2-3-4-36-23-21-25(35)32-19-6-12(5-18(19)29)20(32)11-31(21)10-15(22(23)33)24(34)30-9-14-16(27)7-13(26)8-17(14)28/h7-8,10,12,18-20H,2-6,9,11H2,1H3,(H,30,34)/t12-,18-,19-,20-/m1/s1. The van der Waals surface area contributed by atoms with E-state index in [1.54, 1.807) is 0 Å². The summed E-state index contributed by atoms with van der Waals surface area (Å²) in [4.78, 5) is 41.2. The molecule has 1 saturated carbocycles. The van der Waals surface area contributed by atoms with Gasteiger partial charge in [0.05, 0.1) is 18.7 Å². The van der Waals surface area contributed by atoms with E-state index in [-0.39, 0.29) is 42.1 Å². The van der Waals surface area contributed by atoms with Gasteiger partial charge >= 0.3 is 0 Å².